The molecule has 2 aliphatic heterocycles. The summed E-state index contributed by atoms with van der Waals surface area (Å²) in [6.07, 6.45) is 2.13. The molecule has 1 amide bonds. The van der Waals surface area contributed by atoms with Gasteiger partial charge >= 0.3 is 0 Å². The van der Waals surface area contributed by atoms with E-state index >= 15 is 0 Å². The Morgan fingerprint density at radius 3 is 2.59 bits per heavy atom. The van der Waals surface area contributed by atoms with Gasteiger partial charge in [0, 0.05) is 31.9 Å². The minimum Gasteiger partial charge on any atom is -0.378 e. The topological polar surface area (TPSA) is 70.6 Å². The molecule has 0 saturated carbocycles. The monoisotopic (exact) mass is 367 g/mol. The molecule has 0 unspecified atom stereocenters. The Labute approximate surface area is 159 Å². The van der Waals surface area contributed by atoms with Crippen LogP contribution in [0.4, 0.5) is 17.3 Å². The number of aromatic nitrogens is 2. The number of benzene rings is 1. The van der Waals surface area contributed by atoms with Crippen molar-refractivity contribution in [2.45, 2.75) is 19.8 Å². The van der Waals surface area contributed by atoms with Crippen molar-refractivity contribution in [3.63, 3.8) is 0 Å². The van der Waals surface area contributed by atoms with Crippen LogP contribution >= 0.6 is 0 Å². The van der Waals surface area contributed by atoms with E-state index < -0.39 is 0 Å². The second-order valence-corrected chi connectivity index (χ2v) is 6.96. The van der Waals surface area contributed by atoms with Crippen molar-refractivity contribution in [3.05, 3.63) is 41.7 Å². The van der Waals surface area contributed by atoms with Gasteiger partial charge in [-0.05, 0) is 38.0 Å². The van der Waals surface area contributed by atoms with Gasteiger partial charge in [-0.15, -0.1) is 0 Å². The molecule has 0 spiro atoms. The molecule has 1 aromatic carbocycles. The van der Waals surface area contributed by atoms with Crippen LogP contribution in [0.15, 0.2) is 30.3 Å². The van der Waals surface area contributed by atoms with Crippen LogP contribution in [0.1, 0.15) is 29.0 Å². The van der Waals surface area contributed by atoms with Crippen molar-refractivity contribution in [2.24, 2.45) is 0 Å². The quantitative estimate of drug-likeness (QED) is 0.896. The van der Waals surface area contributed by atoms with Crippen molar-refractivity contribution in [2.75, 3.05) is 49.6 Å². The van der Waals surface area contributed by atoms with Crippen molar-refractivity contribution in [1.29, 1.82) is 0 Å². The number of carbonyl (C=O) groups is 1. The number of nitrogens with one attached hydrogen (secondary N) is 1. The molecule has 4 rings (SSSR count). The van der Waals surface area contributed by atoms with E-state index in [1.807, 2.05) is 30.0 Å². The number of amides is 1. The van der Waals surface area contributed by atoms with Gasteiger partial charge in [0.25, 0.3) is 5.91 Å². The average Bonchev–Trinajstić information content (AvgIpc) is 3.23. The zero-order valence-corrected chi connectivity index (χ0v) is 15.6. The third-order valence-corrected chi connectivity index (χ3v) is 4.97. The predicted molar refractivity (Wildman–Crippen MR) is 105 cm³/mol. The maximum absolute atomic E-state index is 12.7. The molecule has 1 N–H and O–H groups in total. The van der Waals surface area contributed by atoms with Gasteiger partial charge < -0.3 is 19.9 Å². The molecule has 2 saturated heterocycles. The Kier molecular flexibility index (Phi) is 5.20. The lowest BCUT2D eigenvalue weighted by Gasteiger charge is -2.30. The number of hydrogen-bond acceptors (Lipinski definition) is 6. The van der Waals surface area contributed by atoms with Gasteiger partial charge in [-0.2, -0.15) is 0 Å². The Morgan fingerprint density at radius 2 is 1.81 bits per heavy atom. The highest BCUT2D eigenvalue weighted by molar-refractivity contribution is 5.93. The number of para-hydroxylation sites is 2. The van der Waals surface area contributed by atoms with Crippen molar-refractivity contribution < 1.29 is 9.53 Å². The summed E-state index contributed by atoms with van der Waals surface area (Å²) >= 11 is 0. The number of morpholine rings is 1. The predicted octanol–water partition coefficient (Wildman–Crippen LogP) is 2.60. The van der Waals surface area contributed by atoms with Gasteiger partial charge in [0.05, 0.1) is 24.6 Å². The van der Waals surface area contributed by atoms with Gasteiger partial charge in [-0.1, -0.05) is 12.1 Å². The molecule has 27 heavy (non-hydrogen) atoms. The Bertz CT molecular complexity index is 814. The maximum atomic E-state index is 12.7. The summed E-state index contributed by atoms with van der Waals surface area (Å²) in [4.78, 5) is 25.9. The normalized spacial score (nSPS) is 17.2. The molecular formula is C20H25N5O2. The van der Waals surface area contributed by atoms with Crippen molar-refractivity contribution >= 4 is 23.2 Å². The van der Waals surface area contributed by atoms with E-state index in [0.717, 1.165) is 69.3 Å². The molecule has 7 heteroatoms. The molecule has 0 bridgehead atoms. The molecule has 7 nitrogen and oxygen atoms in total. The van der Waals surface area contributed by atoms with E-state index in [-0.39, 0.29) is 5.91 Å². The average molecular weight is 367 g/mol. The molecule has 142 valence electrons. The van der Waals surface area contributed by atoms with E-state index in [0.29, 0.717) is 11.6 Å². The zero-order valence-electron chi connectivity index (χ0n) is 15.6. The minimum atomic E-state index is -0.0116. The number of nitrogens with zero attached hydrogens (tertiary/aromatic N) is 4. The highest BCUT2D eigenvalue weighted by Crippen LogP contribution is 2.28. The summed E-state index contributed by atoms with van der Waals surface area (Å²) in [5.74, 6) is 0.445. The van der Waals surface area contributed by atoms with E-state index in [9.17, 15) is 4.79 Å². The van der Waals surface area contributed by atoms with Crippen molar-refractivity contribution in [3.8, 4) is 0 Å². The number of anilines is 3. The molecule has 2 fully saturated rings. The van der Waals surface area contributed by atoms with Crippen LogP contribution in [0.2, 0.25) is 0 Å². The van der Waals surface area contributed by atoms with Crippen LogP contribution in [-0.4, -0.2) is 60.2 Å². The number of likely N-dealkylation sites (tertiary alicyclic amines) is 1. The molecule has 2 aliphatic rings. The number of rotatable bonds is 4. The van der Waals surface area contributed by atoms with Crippen LogP contribution < -0.4 is 10.2 Å². The fraction of sp³-hybridized carbons (Fsp3) is 0.450. The van der Waals surface area contributed by atoms with Gasteiger partial charge in [-0.3, -0.25) is 4.79 Å². The first-order valence-electron chi connectivity index (χ1n) is 9.54. The van der Waals surface area contributed by atoms with Crippen LogP contribution in [0.25, 0.3) is 0 Å². The first kappa shape index (κ1) is 17.7. The number of ether oxygens (including phenoxy) is 1. The number of hydrogen-bond donors (Lipinski definition) is 1. The second-order valence-electron chi connectivity index (χ2n) is 6.96. The molecule has 2 aromatic rings. The van der Waals surface area contributed by atoms with Gasteiger partial charge in [0.2, 0.25) is 5.95 Å². The lowest BCUT2D eigenvalue weighted by atomic mass is 10.2. The Morgan fingerprint density at radius 1 is 1.07 bits per heavy atom. The summed E-state index contributed by atoms with van der Waals surface area (Å²) < 4.78 is 5.46. The summed E-state index contributed by atoms with van der Waals surface area (Å²) in [6.45, 7) is 6.67. The third-order valence-electron chi connectivity index (χ3n) is 4.97. The molecule has 0 aliphatic carbocycles. The summed E-state index contributed by atoms with van der Waals surface area (Å²) in [5.41, 5.74) is 3.26. The summed E-state index contributed by atoms with van der Waals surface area (Å²) in [6, 6.07) is 9.87. The largest absolute Gasteiger partial charge is 0.378 e. The Hall–Kier alpha value is -2.67. The van der Waals surface area contributed by atoms with Gasteiger partial charge in [0.15, 0.2) is 0 Å². The third kappa shape index (κ3) is 4.03. The maximum Gasteiger partial charge on any atom is 0.272 e. The van der Waals surface area contributed by atoms with E-state index in [2.05, 4.69) is 26.3 Å². The lowest BCUT2D eigenvalue weighted by molar-refractivity contribution is 0.0787. The van der Waals surface area contributed by atoms with Crippen LogP contribution in [0.3, 0.4) is 0 Å². The smallest absolute Gasteiger partial charge is 0.272 e. The highest BCUT2D eigenvalue weighted by Gasteiger charge is 2.22. The lowest BCUT2D eigenvalue weighted by Crippen LogP contribution is -2.36. The SMILES string of the molecule is Cc1cc(C(=O)N2CCCC2)nc(Nc2ccccc2N2CCOCC2)n1. The van der Waals surface area contributed by atoms with Gasteiger partial charge in [-0.25, -0.2) is 9.97 Å². The molecule has 3 heterocycles. The van der Waals surface area contributed by atoms with Crippen LogP contribution in [0.5, 0.6) is 0 Å². The van der Waals surface area contributed by atoms with E-state index in [1.54, 1.807) is 6.07 Å². The Balaban J connectivity index is 1.58. The standard InChI is InChI=1S/C20H25N5O2/c1-15-14-17(19(26)25-8-4-5-9-25)23-20(21-15)22-16-6-2-3-7-18(16)24-10-12-27-13-11-24/h2-3,6-7,14H,4-5,8-13H2,1H3,(H,21,22,23). The number of aryl methyl sites for hydroxylation is 1. The number of carbonyl (C=O) groups excluding carboxylic acids is 1. The second kappa shape index (κ2) is 7.92. The molecular weight excluding hydrogens is 342 g/mol. The first-order valence-corrected chi connectivity index (χ1v) is 9.54. The van der Waals surface area contributed by atoms with E-state index in [4.69, 9.17) is 4.74 Å². The van der Waals surface area contributed by atoms with Gasteiger partial charge in [0.1, 0.15) is 5.69 Å². The fourth-order valence-corrected chi connectivity index (χ4v) is 3.60. The van der Waals surface area contributed by atoms with E-state index in [1.165, 1.54) is 0 Å². The summed E-state index contributed by atoms with van der Waals surface area (Å²) in [7, 11) is 0. The fourth-order valence-electron chi connectivity index (χ4n) is 3.60. The van der Waals surface area contributed by atoms with Crippen LogP contribution in [-0.2, 0) is 4.74 Å². The minimum absolute atomic E-state index is 0.0116. The first-order chi connectivity index (χ1) is 13.2. The van der Waals surface area contributed by atoms with Crippen LogP contribution in [0, 0.1) is 6.92 Å². The highest BCUT2D eigenvalue weighted by atomic mass is 16.5. The summed E-state index contributed by atoms with van der Waals surface area (Å²) in [5, 5.41) is 3.32. The molecule has 0 radical (unpaired) electrons. The molecule has 0 atom stereocenters. The molecule has 1 aromatic heterocycles. The zero-order chi connectivity index (χ0) is 18.6. The van der Waals surface area contributed by atoms with Crippen molar-refractivity contribution in [1.82, 2.24) is 14.9 Å².